The number of nitrogen functional groups attached to an aromatic ring is 1. The molecule has 0 aliphatic heterocycles. The molecule has 0 bridgehead atoms. The standard InChI is InChI=1S/C8H9N5S/c9-8-10-2-1-7(13-8)11-3-6-4-14-5-12-6/h1-2,4-5H,3H2,(H3,9,10,11,13). The molecule has 0 amide bonds. The van der Waals surface area contributed by atoms with Crippen LogP contribution >= 0.6 is 11.3 Å². The molecule has 0 aliphatic carbocycles. The fraction of sp³-hybridized carbons (Fsp3) is 0.125. The predicted molar refractivity (Wildman–Crippen MR) is 55.9 cm³/mol. The molecule has 0 aromatic carbocycles. The minimum atomic E-state index is 0.272. The van der Waals surface area contributed by atoms with E-state index in [1.807, 2.05) is 5.38 Å². The van der Waals surface area contributed by atoms with Crippen molar-refractivity contribution in [1.82, 2.24) is 15.0 Å². The van der Waals surface area contributed by atoms with Crippen molar-refractivity contribution < 1.29 is 0 Å². The van der Waals surface area contributed by atoms with Crippen LogP contribution in [0, 0.1) is 0 Å². The van der Waals surface area contributed by atoms with Gasteiger partial charge in [-0.3, -0.25) is 0 Å². The summed E-state index contributed by atoms with van der Waals surface area (Å²) in [5.41, 5.74) is 8.22. The summed E-state index contributed by atoms with van der Waals surface area (Å²) in [6.07, 6.45) is 1.62. The molecule has 0 radical (unpaired) electrons. The number of hydrogen-bond acceptors (Lipinski definition) is 6. The van der Waals surface area contributed by atoms with Crippen LogP contribution in [0.3, 0.4) is 0 Å². The van der Waals surface area contributed by atoms with E-state index in [4.69, 9.17) is 5.73 Å². The maximum atomic E-state index is 5.43. The third-order valence-corrected chi connectivity index (χ3v) is 2.24. The molecule has 14 heavy (non-hydrogen) atoms. The molecule has 2 aromatic rings. The average molecular weight is 207 g/mol. The van der Waals surface area contributed by atoms with Crippen LogP contribution in [-0.4, -0.2) is 15.0 Å². The molecule has 0 saturated heterocycles. The lowest BCUT2D eigenvalue weighted by Gasteiger charge is -2.02. The Morgan fingerprint density at radius 3 is 3.07 bits per heavy atom. The van der Waals surface area contributed by atoms with Crippen LogP contribution in [0.25, 0.3) is 0 Å². The van der Waals surface area contributed by atoms with Crippen LogP contribution in [0.2, 0.25) is 0 Å². The summed E-state index contributed by atoms with van der Waals surface area (Å²) < 4.78 is 0. The first-order valence-corrected chi connectivity index (χ1v) is 4.98. The molecule has 3 N–H and O–H groups in total. The number of thiazole rings is 1. The van der Waals surface area contributed by atoms with Crippen molar-refractivity contribution in [3.8, 4) is 0 Å². The van der Waals surface area contributed by atoms with Crippen LogP contribution < -0.4 is 11.1 Å². The Morgan fingerprint density at radius 1 is 1.43 bits per heavy atom. The molecular weight excluding hydrogens is 198 g/mol. The normalized spacial score (nSPS) is 10.0. The zero-order valence-corrected chi connectivity index (χ0v) is 8.16. The highest BCUT2D eigenvalue weighted by atomic mass is 32.1. The zero-order chi connectivity index (χ0) is 9.80. The van der Waals surface area contributed by atoms with Crippen molar-refractivity contribution in [3.05, 3.63) is 28.8 Å². The van der Waals surface area contributed by atoms with Gasteiger partial charge in [0.1, 0.15) is 5.82 Å². The predicted octanol–water partition coefficient (Wildman–Crippen LogP) is 1.13. The van der Waals surface area contributed by atoms with E-state index in [9.17, 15) is 0 Å². The molecule has 2 heterocycles. The van der Waals surface area contributed by atoms with Crippen molar-refractivity contribution in [2.45, 2.75) is 6.54 Å². The lowest BCUT2D eigenvalue weighted by atomic mass is 10.4. The average Bonchev–Trinajstić information content (AvgIpc) is 2.67. The van der Waals surface area contributed by atoms with Gasteiger partial charge in [-0.25, -0.2) is 9.97 Å². The second-order valence-electron chi connectivity index (χ2n) is 2.63. The third-order valence-electron chi connectivity index (χ3n) is 1.61. The molecule has 0 aliphatic rings. The molecule has 0 saturated carbocycles. The van der Waals surface area contributed by atoms with E-state index >= 15 is 0 Å². The summed E-state index contributed by atoms with van der Waals surface area (Å²) in [5.74, 6) is 0.985. The number of aromatic nitrogens is 3. The Labute approximate surface area is 85.0 Å². The summed E-state index contributed by atoms with van der Waals surface area (Å²) in [7, 11) is 0. The van der Waals surface area contributed by atoms with Gasteiger partial charge in [0.05, 0.1) is 17.7 Å². The largest absolute Gasteiger partial charge is 0.368 e. The van der Waals surface area contributed by atoms with Gasteiger partial charge in [0.15, 0.2) is 0 Å². The summed E-state index contributed by atoms with van der Waals surface area (Å²) in [6, 6.07) is 1.77. The molecule has 0 atom stereocenters. The van der Waals surface area contributed by atoms with E-state index in [-0.39, 0.29) is 5.95 Å². The minimum absolute atomic E-state index is 0.272. The maximum Gasteiger partial charge on any atom is 0.221 e. The summed E-state index contributed by atoms with van der Waals surface area (Å²) in [4.78, 5) is 11.9. The van der Waals surface area contributed by atoms with Gasteiger partial charge in [-0.15, -0.1) is 11.3 Å². The molecule has 6 heteroatoms. The van der Waals surface area contributed by atoms with Crippen LogP contribution in [0.5, 0.6) is 0 Å². The van der Waals surface area contributed by atoms with E-state index in [0.717, 1.165) is 5.69 Å². The van der Waals surface area contributed by atoms with Crippen molar-refractivity contribution >= 4 is 23.1 Å². The number of rotatable bonds is 3. The third kappa shape index (κ3) is 2.17. The van der Waals surface area contributed by atoms with Crippen molar-refractivity contribution in [3.63, 3.8) is 0 Å². The van der Waals surface area contributed by atoms with Gasteiger partial charge < -0.3 is 11.1 Å². The van der Waals surface area contributed by atoms with Gasteiger partial charge in [0.25, 0.3) is 0 Å². The van der Waals surface area contributed by atoms with Gasteiger partial charge >= 0.3 is 0 Å². The molecule has 72 valence electrons. The lowest BCUT2D eigenvalue weighted by molar-refractivity contribution is 1.04. The Hall–Kier alpha value is -1.69. The first-order valence-electron chi connectivity index (χ1n) is 4.04. The Morgan fingerprint density at radius 2 is 2.36 bits per heavy atom. The molecular formula is C8H9N5S. The fourth-order valence-electron chi connectivity index (χ4n) is 0.978. The van der Waals surface area contributed by atoms with E-state index in [2.05, 4.69) is 20.3 Å². The first kappa shape index (κ1) is 8.89. The monoisotopic (exact) mass is 207 g/mol. The SMILES string of the molecule is Nc1nccc(NCc2cscn2)n1. The number of hydrogen-bond donors (Lipinski definition) is 2. The summed E-state index contributed by atoms with van der Waals surface area (Å²) in [5, 5.41) is 5.08. The van der Waals surface area contributed by atoms with Crippen molar-refractivity contribution in [2.24, 2.45) is 0 Å². The Kier molecular flexibility index (Phi) is 2.55. The number of nitrogens with one attached hydrogen (secondary N) is 1. The zero-order valence-electron chi connectivity index (χ0n) is 7.34. The fourth-order valence-corrected chi connectivity index (χ4v) is 1.54. The highest BCUT2D eigenvalue weighted by molar-refractivity contribution is 7.07. The van der Waals surface area contributed by atoms with Crippen LogP contribution in [0.1, 0.15) is 5.69 Å². The topological polar surface area (TPSA) is 76.7 Å². The van der Waals surface area contributed by atoms with E-state index in [1.165, 1.54) is 0 Å². The van der Waals surface area contributed by atoms with Gasteiger partial charge in [-0.2, -0.15) is 4.98 Å². The van der Waals surface area contributed by atoms with E-state index < -0.39 is 0 Å². The van der Waals surface area contributed by atoms with Gasteiger partial charge in [-0.1, -0.05) is 0 Å². The Bertz CT molecular complexity index is 400. The molecule has 0 unspecified atom stereocenters. The summed E-state index contributed by atoms with van der Waals surface area (Å²) in [6.45, 7) is 0.653. The lowest BCUT2D eigenvalue weighted by Crippen LogP contribution is -2.03. The highest BCUT2D eigenvalue weighted by Crippen LogP contribution is 2.06. The number of anilines is 2. The van der Waals surface area contributed by atoms with Crippen molar-refractivity contribution in [2.75, 3.05) is 11.1 Å². The second-order valence-corrected chi connectivity index (χ2v) is 3.35. The quantitative estimate of drug-likeness (QED) is 0.788. The highest BCUT2D eigenvalue weighted by Gasteiger charge is 1.97. The molecule has 5 nitrogen and oxygen atoms in total. The van der Waals surface area contributed by atoms with Gasteiger partial charge in [0.2, 0.25) is 5.95 Å². The molecule has 0 fully saturated rings. The van der Waals surface area contributed by atoms with Crippen LogP contribution in [-0.2, 0) is 6.54 Å². The van der Waals surface area contributed by atoms with E-state index in [1.54, 1.807) is 29.1 Å². The second kappa shape index (κ2) is 4.01. The first-order chi connectivity index (χ1) is 6.84. The summed E-state index contributed by atoms with van der Waals surface area (Å²) >= 11 is 1.57. The van der Waals surface area contributed by atoms with Crippen LogP contribution in [0.4, 0.5) is 11.8 Å². The molecule has 0 spiro atoms. The van der Waals surface area contributed by atoms with Gasteiger partial charge in [-0.05, 0) is 6.07 Å². The smallest absolute Gasteiger partial charge is 0.221 e. The number of nitrogens with zero attached hydrogens (tertiary/aromatic N) is 3. The van der Waals surface area contributed by atoms with E-state index in [0.29, 0.717) is 12.4 Å². The molecule has 2 aromatic heterocycles. The molecule has 2 rings (SSSR count). The number of nitrogens with two attached hydrogens (primary N) is 1. The van der Waals surface area contributed by atoms with Gasteiger partial charge in [0, 0.05) is 11.6 Å². The van der Waals surface area contributed by atoms with Crippen molar-refractivity contribution in [1.29, 1.82) is 0 Å². The minimum Gasteiger partial charge on any atom is -0.368 e. The maximum absolute atomic E-state index is 5.43. The van der Waals surface area contributed by atoms with Crippen LogP contribution in [0.15, 0.2) is 23.2 Å². The Balaban J connectivity index is 1.98.